The van der Waals surface area contributed by atoms with E-state index in [2.05, 4.69) is 42.2 Å². The highest BCUT2D eigenvalue weighted by Gasteiger charge is 2.34. The number of nitrogens with one attached hydrogen (secondary N) is 1. The summed E-state index contributed by atoms with van der Waals surface area (Å²) in [6.45, 7) is 11.0. The average Bonchev–Trinajstić information content (AvgIpc) is 2.26. The highest BCUT2D eigenvalue weighted by molar-refractivity contribution is 7.82. The van der Waals surface area contributed by atoms with Crippen molar-refractivity contribution in [3.05, 3.63) is 0 Å². The van der Waals surface area contributed by atoms with E-state index >= 15 is 0 Å². The van der Waals surface area contributed by atoms with Crippen LogP contribution in [-0.2, 0) is 15.8 Å². The molecule has 2 atom stereocenters. The van der Waals surface area contributed by atoms with Crippen LogP contribution in [0.5, 0.6) is 0 Å². The second-order valence-electron chi connectivity index (χ2n) is 5.36. The van der Waals surface area contributed by atoms with Crippen molar-refractivity contribution in [3.63, 3.8) is 0 Å². The highest BCUT2D eigenvalue weighted by atomic mass is 32.2. The number of hydrogen-bond donors (Lipinski definition) is 1. The van der Waals surface area contributed by atoms with Crippen LogP contribution >= 0.6 is 0 Å². The van der Waals surface area contributed by atoms with Crippen molar-refractivity contribution >= 4 is 16.9 Å². The van der Waals surface area contributed by atoms with Crippen LogP contribution in [0.1, 0.15) is 27.7 Å². The third-order valence-electron chi connectivity index (χ3n) is 3.39. The molecule has 0 aromatic carbocycles. The summed E-state index contributed by atoms with van der Waals surface area (Å²) in [5, 5.41) is 0. The molecule has 106 valence electrons. The molecule has 1 saturated heterocycles. The van der Waals surface area contributed by atoms with Gasteiger partial charge in [0.1, 0.15) is 17.0 Å². The number of hydrogen-bond acceptors (Lipinski definition) is 4. The minimum Gasteiger partial charge on any atom is -0.298 e. The third kappa shape index (κ3) is 4.03. The molecule has 1 aliphatic rings. The first-order valence-electron chi connectivity index (χ1n) is 6.46. The lowest BCUT2D eigenvalue weighted by Crippen LogP contribution is -2.61. The van der Waals surface area contributed by atoms with Crippen LogP contribution in [0.4, 0.5) is 0 Å². The molecule has 1 amide bonds. The monoisotopic (exact) mass is 275 g/mol. The topological polar surface area (TPSA) is 52.6 Å². The van der Waals surface area contributed by atoms with Gasteiger partial charge in [0.25, 0.3) is 0 Å². The van der Waals surface area contributed by atoms with Crippen molar-refractivity contribution in [2.75, 3.05) is 25.9 Å². The van der Waals surface area contributed by atoms with Crippen molar-refractivity contribution in [3.8, 4) is 0 Å². The smallest absolute Gasteiger partial charge is 0.250 e. The van der Waals surface area contributed by atoms with E-state index in [1.54, 1.807) is 0 Å². The summed E-state index contributed by atoms with van der Waals surface area (Å²) in [5.74, 6) is -0.130. The summed E-state index contributed by atoms with van der Waals surface area (Å²) in [4.78, 5) is 16.6. The average molecular weight is 275 g/mol. The number of amides is 1. The summed E-state index contributed by atoms with van der Waals surface area (Å²) in [5.41, 5.74) is 0. The summed E-state index contributed by atoms with van der Waals surface area (Å²) in [6.07, 6.45) is 1.49. The normalized spacial score (nSPS) is 24.5. The lowest BCUT2D eigenvalue weighted by Gasteiger charge is -2.43. The lowest BCUT2D eigenvalue weighted by atomic mass is 10.1. The Hall–Kier alpha value is -0.460. The van der Waals surface area contributed by atoms with Gasteiger partial charge in [-0.25, -0.2) is 4.21 Å². The van der Waals surface area contributed by atoms with Gasteiger partial charge in [-0.3, -0.25) is 19.3 Å². The fraction of sp³-hybridized carbons (Fsp3) is 0.917. The molecule has 1 fully saturated rings. The van der Waals surface area contributed by atoms with E-state index < -0.39 is 11.0 Å². The van der Waals surface area contributed by atoms with E-state index in [0.717, 1.165) is 13.1 Å². The Balaban J connectivity index is 2.77. The van der Waals surface area contributed by atoms with Crippen LogP contribution in [0.15, 0.2) is 0 Å². The molecule has 1 heterocycles. The molecule has 0 aliphatic carbocycles. The molecule has 0 saturated carbocycles. The molecule has 18 heavy (non-hydrogen) atoms. The van der Waals surface area contributed by atoms with Crippen LogP contribution in [0.25, 0.3) is 0 Å². The van der Waals surface area contributed by atoms with Gasteiger partial charge < -0.3 is 0 Å². The van der Waals surface area contributed by atoms with Crippen LogP contribution in [0.3, 0.4) is 0 Å². The number of nitrogens with zero attached hydrogens (tertiary/aromatic N) is 2. The Kier molecular flexibility index (Phi) is 5.75. The van der Waals surface area contributed by atoms with E-state index in [9.17, 15) is 9.00 Å². The Morgan fingerprint density at radius 1 is 1.22 bits per heavy atom. The SMILES string of the molecule is CC(C)N1CCN(C(C)C)C(C(=O)NS(C)=O)C1. The van der Waals surface area contributed by atoms with Crippen LogP contribution in [0, 0.1) is 0 Å². The molecule has 0 radical (unpaired) electrons. The third-order valence-corrected chi connectivity index (χ3v) is 3.88. The fourth-order valence-electron chi connectivity index (χ4n) is 2.35. The van der Waals surface area contributed by atoms with E-state index in [0.29, 0.717) is 18.6 Å². The Morgan fingerprint density at radius 2 is 1.83 bits per heavy atom. The van der Waals surface area contributed by atoms with Crippen LogP contribution < -0.4 is 4.72 Å². The van der Waals surface area contributed by atoms with Gasteiger partial charge in [0, 0.05) is 38.0 Å². The molecule has 2 unspecified atom stereocenters. The van der Waals surface area contributed by atoms with E-state index in [1.807, 2.05) is 0 Å². The van der Waals surface area contributed by atoms with Gasteiger partial charge in [-0.2, -0.15) is 0 Å². The fourth-order valence-corrected chi connectivity index (χ4v) is 2.77. The van der Waals surface area contributed by atoms with Gasteiger partial charge >= 0.3 is 0 Å². The number of carbonyl (C=O) groups excluding carboxylic acids is 1. The predicted molar refractivity (Wildman–Crippen MR) is 74.5 cm³/mol. The first-order valence-corrected chi connectivity index (χ1v) is 8.02. The number of rotatable bonds is 4. The van der Waals surface area contributed by atoms with Gasteiger partial charge in [0.15, 0.2) is 0 Å². The second-order valence-corrected chi connectivity index (χ2v) is 6.47. The standard InChI is InChI=1S/C12H25N3O2S/c1-9(2)14-6-7-15(10(3)4)11(8-14)12(16)13-18(5)17/h9-11H,6-8H2,1-5H3,(H,13,16). The zero-order chi connectivity index (χ0) is 13.9. The van der Waals surface area contributed by atoms with Gasteiger partial charge in [0.05, 0.1) is 0 Å². The molecule has 0 spiro atoms. The maximum atomic E-state index is 12.1. The second kappa shape index (κ2) is 6.63. The largest absolute Gasteiger partial charge is 0.298 e. The molecule has 0 aromatic heterocycles. The molecule has 0 aromatic rings. The summed E-state index contributed by atoms with van der Waals surface area (Å²) in [7, 11) is -1.29. The molecule has 1 rings (SSSR count). The van der Waals surface area contributed by atoms with Gasteiger partial charge in [-0.1, -0.05) is 0 Å². The molecular weight excluding hydrogens is 250 g/mol. The molecule has 6 heteroatoms. The molecule has 1 aliphatic heterocycles. The Labute approximate surface area is 112 Å². The maximum absolute atomic E-state index is 12.1. The van der Waals surface area contributed by atoms with E-state index in [4.69, 9.17) is 0 Å². The Bertz CT molecular complexity index is 320. The van der Waals surface area contributed by atoms with Crippen molar-refractivity contribution in [2.24, 2.45) is 0 Å². The highest BCUT2D eigenvalue weighted by Crippen LogP contribution is 2.15. The Morgan fingerprint density at radius 3 is 2.28 bits per heavy atom. The van der Waals surface area contributed by atoms with E-state index in [1.165, 1.54) is 6.26 Å². The minimum absolute atomic E-state index is 0.130. The van der Waals surface area contributed by atoms with Crippen LogP contribution in [-0.4, -0.2) is 63.9 Å². The van der Waals surface area contributed by atoms with Crippen molar-refractivity contribution < 1.29 is 9.00 Å². The van der Waals surface area contributed by atoms with Gasteiger partial charge in [-0.05, 0) is 27.7 Å². The first-order chi connectivity index (χ1) is 8.32. The summed E-state index contributed by atoms with van der Waals surface area (Å²) >= 11 is 0. The summed E-state index contributed by atoms with van der Waals surface area (Å²) < 4.78 is 13.7. The summed E-state index contributed by atoms with van der Waals surface area (Å²) in [6, 6.07) is 0.548. The zero-order valence-corrected chi connectivity index (χ0v) is 12.8. The number of piperazine rings is 1. The molecule has 1 N–H and O–H groups in total. The molecule has 0 bridgehead atoms. The van der Waals surface area contributed by atoms with Gasteiger partial charge in [-0.15, -0.1) is 0 Å². The van der Waals surface area contributed by atoms with Crippen molar-refractivity contribution in [1.29, 1.82) is 0 Å². The quantitative estimate of drug-likeness (QED) is 0.796. The molecule has 5 nitrogen and oxygen atoms in total. The van der Waals surface area contributed by atoms with Gasteiger partial charge in [0.2, 0.25) is 5.91 Å². The zero-order valence-electron chi connectivity index (χ0n) is 12.0. The predicted octanol–water partition coefficient (Wildman–Crippen LogP) is 0.199. The first kappa shape index (κ1) is 15.6. The lowest BCUT2D eigenvalue weighted by molar-refractivity contribution is -0.128. The van der Waals surface area contributed by atoms with Crippen molar-refractivity contribution in [2.45, 2.75) is 45.8 Å². The van der Waals surface area contributed by atoms with Crippen molar-refractivity contribution in [1.82, 2.24) is 14.5 Å². The number of carbonyl (C=O) groups is 1. The minimum atomic E-state index is -1.29. The van der Waals surface area contributed by atoms with Crippen LogP contribution in [0.2, 0.25) is 0 Å². The molecular formula is C12H25N3O2S. The maximum Gasteiger partial charge on any atom is 0.250 e. The van der Waals surface area contributed by atoms with E-state index in [-0.39, 0.29) is 11.9 Å².